The summed E-state index contributed by atoms with van der Waals surface area (Å²) < 4.78 is 17.6. The molecule has 5 heteroatoms. The molecular weight excluding hydrogens is 371 g/mol. The van der Waals surface area contributed by atoms with Crippen LogP contribution in [0.2, 0.25) is 0 Å². The summed E-state index contributed by atoms with van der Waals surface area (Å²) in [6, 6.07) is 12.9. The highest BCUT2D eigenvalue weighted by Crippen LogP contribution is 2.53. The minimum Gasteiger partial charge on any atom is -0.357 e. The maximum absolute atomic E-state index is 12.0. The van der Waals surface area contributed by atoms with Crippen LogP contribution in [-0.4, -0.2) is 16.4 Å². The smallest absolute Gasteiger partial charge is 0.357 e. The van der Waals surface area contributed by atoms with E-state index in [1.807, 2.05) is 42.5 Å². The molecule has 0 aliphatic heterocycles. The molecule has 0 fully saturated rings. The normalized spacial score (nSPS) is 14.0. The Bertz CT molecular complexity index is 859. The van der Waals surface area contributed by atoms with Crippen molar-refractivity contribution >= 4 is 18.4 Å². The lowest BCUT2D eigenvalue weighted by Gasteiger charge is -2.20. The molecule has 2 N–H and O–H groups in total. The van der Waals surface area contributed by atoms with E-state index in [0.717, 1.165) is 30.0 Å². The van der Waals surface area contributed by atoms with Gasteiger partial charge in [-0.15, -0.1) is 0 Å². The van der Waals surface area contributed by atoms with Crippen LogP contribution >= 0.6 is 7.60 Å². The Labute approximate surface area is 167 Å². The van der Waals surface area contributed by atoms with Crippen molar-refractivity contribution in [3.05, 3.63) is 84.5 Å². The van der Waals surface area contributed by atoms with Gasteiger partial charge < -0.3 is 14.5 Å². The van der Waals surface area contributed by atoms with Crippen molar-refractivity contribution in [3.63, 3.8) is 0 Å². The Balaban J connectivity index is 1.94. The summed E-state index contributed by atoms with van der Waals surface area (Å²) in [6.45, 7) is 2.29. The average Bonchev–Trinajstić information content (AvgIpc) is 2.68. The fourth-order valence-corrected chi connectivity index (χ4v) is 3.75. The van der Waals surface area contributed by atoms with Crippen molar-refractivity contribution in [2.45, 2.75) is 38.5 Å². The van der Waals surface area contributed by atoms with Crippen LogP contribution in [0.4, 0.5) is 0 Å². The van der Waals surface area contributed by atoms with Gasteiger partial charge in [0.15, 0.2) is 5.85 Å². The van der Waals surface area contributed by atoms with Crippen molar-refractivity contribution in [1.82, 2.24) is 0 Å². The summed E-state index contributed by atoms with van der Waals surface area (Å²) in [5, 5.41) is 1.71. The highest BCUT2D eigenvalue weighted by molar-refractivity contribution is 7.52. The molecule has 1 atom stereocenters. The zero-order chi connectivity index (χ0) is 20.2. The molecule has 0 saturated carbocycles. The van der Waals surface area contributed by atoms with Gasteiger partial charge in [0.2, 0.25) is 0 Å². The van der Waals surface area contributed by atoms with Crippen molar-refractivity contribution in [2.24, 2.45) is 0 Å². The summed E-state index contributed by atoms with van der Waals surface area (Å²) in [5.41, 5.74) is 0.509. The van der Waals surface area contributed by atoms with Gasteiger partial charge in [-0.3, -0.25) is 4.57 Å². The second-order valence-corrected chi connectivity index (χ2v) is 8.18. The molecular formula is C23H29O4P. The molecule has 4 nitrogen and oxygen atoms in total. The van der Waals surface area contributed by atoms with Crippen molar-refractivity contribution in [2.75, 3.05) is 6.61 Å². The standard InChI is InChI=1S/C23H29O4P/c1-2-3-4-5-6-7-8-9-10-13-19-27-23(28(24,25)26)22-18-14-16-20-15-11-12-17-21(20)22/h4-5,8-18,23H,2-3,6-7,19H2,1H3,(H2,24,25,26)/b5-4-,9-8-,13-10+/t23-/m1/s1. The summed E-state index contributed by atoms with van der Waals surface area (Å²) in [6.07, 6.45) is 16.3. The molecule has 0 amide bonds. The molecule has 0 bridgehead atoms. The highest BCUT2D eigenvalue weighted by Gasteiger charge is 2.32. The van der Waals surface area contributed by atoms with Gasteiger partial charge in [-0.2, -0.15) is 0 Å². The van der Waals surface area contributed by atoms with Crippen LogP contribution in [0.3, 0.4) is 0 Å². The first-order valence-corrected chi connectivity index (χ1v) is 11.3. The molecule has 2 aromatic rings. The van der Waals surface area contributed by atoms with Gasteiger partial charge in [-0.1, -0.05) is 92.3 Å². The van der Waals surface area contributed by atoms with E-state index in [1.165, 1.54) is 6.42 Å². The largest absolute Gasteiger partial charge is 0.358 e. The molecule has 0 aliphatic rings. The van der Waals surface area contributed by atoms with Gasteiger partial charge in [0, 0.05) is 5.56 Å². The number of ether oxygens (including phenoxy) is 1. The molecule has 0 radical (unpaired) electrons. The maximum Gasteiger partial charge on any atom is 0.358 e. The lowest BCUT2D eigenvalue weighted by molar-refractivity contribution is 0.109. The number of hydrogen-bond acceptors (Lipinski definition) is 2. The molecule has 0 aromatic heterocycles. The van der Waals surface area contributed by atoms with E-state index in [2.05, 4.69) is 25.2 Å². The maximum atomic E-state index is 12.0. The summed E-state index contributed by atoms with van der Waals surface area (Å²) in [4.78, 5) is 19.6. The Morgan fingerprint density at radius 3 is 2.39 bits per heavy atom. The zero-order valence-corrected chi connectivity index (χ0v) is 17.2. The molecule has 0 spiro atoms. The first-order chi connectivity index (χ1) is 13.5. The molecule has 150 valence electrons. The van der Waals surface area contributed by atoms with E-state index < -0.39 is 13.4 Å². The molecule has 2 rings (SSSR count). The van der Waals surface area contributed by atoms with E-state index in [-0.39, 0.29) is 6.61 Å². The van der Waals surface area contributed by atoms with E-state index in [4.69, 9.17) is 4.74 Å². The summed E-state index contributed by atoms with van der Waals surface area (Å²) in [7, 11) is -4.46. The predicted molar refractivity (Wildman–Crippen MR) is 116 cm³/mol. The van der Waals surface area contributed by atoms with Gasteiger partial charge in [0.1, 0.15) is 0 Å². The van der Waals surface area contributed by atoms with Gasteiger partial charge in [-0.25, -0.2) is 0 Å². The second kappa shape index (κ2) is 11.8. The van der Waals surface area contributed by atoms with Crippen LogP contribution in [0, 0.1) is 0 Å². The second-order valence-electron chi connectivity index (χ2n) is 6.54. The van der Waals surface area contributed by atoms with Crippen LogP contribution in [0.5, 0.6) is 0 Å². The predicted octanol–water partition coefficient (Wildman–Crippen LogP) is 6.28. The molecule has 0 aliphatic carbocycles. The quantitative estimate of drug-likeness (QED) is 0.202. The fraction of sp³-hybridized carbons (Fsp3) is 0.304. The van der Waals surface area contributed by atoms with Crippen LogP contribution < -0.4 is 0 Å². The molecule has 0 saturated heterocycles. The van der Waals surface area contributed by atoms with Crippen molar-refractivity contribution in [1.29, 1.82) is 0 Å². The molecule has 0 heterocycles. The van der Waals surface area contributed by atoms with Gasteiger partial charge in [0.05, 0.1) is 6.61 Å². The first-order valence-electron chi connectivity index (χ1n) is 9.65. The lowest BCUT2D eigenvalue weighted by Crippen LogP contribution is -2.06. The van der Waals surface area contributed by atoms with E-state index in [9.17, 15) is 14.4 Å². The Morgan fingerprint density at radius 1 is 0.929 bits per heavy atom. The molecule has 28 heavy (non-hydrogen) atoms. The minimum absolute atomic E-state index is 0.125. The highest BCUT2D eigenvalue weighted by atomic mass is 31.2. The SMILES string of the molecule is CCC/C=C\CC/C=C\C=C\CO[C@@H](c1cccc2ccccc12)P(=O)(O)O. The lowest BCUT2D eigenvalue weighted by atomic mass is 10.1. The van der Waals surface area contributed by atoms with Crippen molar-refractivity contribution in [3.8, 4) is 0 Å². The Morgan fingerprint density at radius 2 is 1.61 bits per heavy atom. The number of allylic oxidation sites excluding steroid dienone is 5. The van der Waals surface area contributed by atoms with Gasteiger partial charge >= 0.3 is 7.60 Å². The number of hydrogen-bond donors (Lipinski definition) is 2. The number of benzene rings is 2. The summed E-state index contributed by atoms with van der Waals surface area (Å²) in [5.74, 6) is -1.28. The molecule has 0 unspecified atom stereocenters. The number of unbranched alkanes of at least 4 members (excludes halogenated alkanes) is 2. The summed E-state index contributed by atoms with van der Waals surface area (Å²) >= 11 is 0. The first kappa shape index (κ1) is 22.3. The number of fused-ring (bicyclic) bond motifs is 1. The van der Waals surface area contributed by atoms with E-state index in [1.54, 1.807) is 18.2 Å². The van der Waals surface area contributed by atoms with Gasteiger partial charge in [0.25, 0.3) is 0 Å². The van der Waals surface area contributed by atoms with Crippen LogP contribution in [0.1, 0.15) is 44.0 Å². The minimum atomic E-state index is -4.46. The topological polar surface area (TPSA) is 66.8 Å². The third-order valence-corrected chi connectivity index (χ3v) is 5.29. The van der Waals surface area contributed by atoms with Crippen LogP contribution in [-0.2, 0) is 9.30 Å². The number of rotatable bonds is 11. The average molecular weight is 400 g/mol. The fourth-order valence-electron chi connectivity index (χ4n) is 2.88. The third-order valence-electron chi connectivity index (χ3n) is 4.25. The van der Waals surface area contributed by atoms with E-state index >= 15 is 0 Å². The van der Waals surface area contributed by atoms with Crippen LogP contribution in [0.25, 0.3) is 10.8 Å². The Hall–Kier alpha value is -1.97. The van der Waals surface area contributed by atoms with Crippen LogP contribution in [0.15, 0.2) is 78.9 Å². The van der Waals surface area contributed by atoms with Crippen molar-refractivity contribution < 1.29 is 19.1 Å². The Kier molecular flexibility index (Phi) is 9.39. The zero-order valence-electron chi connectivity index (χ0n) is 16.3. The third kappa shape index (κ3) is 7.21. The van der Waals surface area contributed by atoms with Gasteiger partial charge in [-0.05, 0) is 30.0 Å². The van der Waals surface area contributed by atoms with E-state index in [0.29, 0.717) is 5.56 Å². The molecule has 2 aromatic carbocycles. The monoisotopic (exact) mass is 400 g/mol.